The Labute approximate surface area is 126 Å². The van der Waals surface area contributed by atoms with Crippen molar-refractivity contribution in [3.8, 4) is 0 Å². The van der Waals surface area contributed by atoms with Crippen LogP contribution in [0.5, 0.6) is 0 Å². The van der Waals surface area contributed by atoms with Crippen molar-refractivity contribution in [2.24, 2.45) is 5.41 Å². The second-order valence-electron chi connectivity index (χ2n) is 7.41. The number of benzene rings is 1. The molecular formula is C18H24FNO. The first kappa shape index (κ1) is 13.7. The summed E-state index contributed by atoms with van der Waals surface area (Å²) in [6, 6.07) is 7.99. The van der Waals surface area contributed by atoms with Gasteiger partial charge in [0.15, 0.2) is 0 Å². The van der Waals surface area contributed by atoms with Gasteiger partial charge in [-0.1, -0.05) is 12.1 Å². The molecule has 1 aliphatic heterocycles. The maximum Gasteiger partial charge on any atom is 0.123 e. The molecule has 1 spiro atoms. The molecule has 21 heavy (non-hydrogen) atoms. The summed E-state index contributed by atoms with van der Waals surface area (Å²) in [6.07, 6.45) is 7.33. The third-order valence-electron chi connectivity index (χ3n) is 5.72. The van der Waals surface area contributed by atoms with Gasteiger partial charge in [0.1, 0.15) is 5.82 Å². The van der Waals surface area contributed by atoms with Crippen molar-refractivity contribution >= 4 is 0 Å². The molecule has 0 bridgehead atoms. The van der Waals surface area contributed by atoms with E-state index in [0.717, 1.165) is 19.8 Å². The van der Waals surface area contributed by atoms with E-state index in [1.807, 2.05) is 6.07 Å². The average Bonchev–Trinajstić information content (AvgIpc) is 3.28. The summed E-state index contributed by atoms with van der Waals surface area (Å²) in [7, 11) is 0. The Morgan fingerprint density at radius 2 is 1.95 bits per heavy atom. The molecule has 1 heterocycles. The lowest BCUT2D eigenvalue weighted by Crippen LogP contribution is -2.56. The number of rotatable bonds is 4. The third-order valence-corrected chi connectivity index (χ3v) is 5.72. The fourth-order valence-electron chi connectivity index (χ4n) is 4.42. The van der Waals surface area contributed by atoms with Gasteiger partial charge in [-0.15, -0.1) is 0 Å². The molecule has 3 heteroatoms. The molecule has 2 nitrogen and oxygen atoms in total. The minimum absolute atomic E-state index is 0.105. The highest BCUT2D eigenvalue weighted by atomic mass is 19.1. The summed E-state index contributed by atoms with van der Waals surface area (Å²) in [5.74, 6) is -0.105. The van der Waals surface area contributed by atoms with Crippen LogP contribution < -0.4 is 5.32 Å². The molecule has 2 saturated carbocycles. The van der Waals surface area contributed by atoms with Crippen LogP contribution in [0.25, 0.3) is 0 Å². The molecule has 0 unspecified atom stereocenters. The van der Waals surface area contributed by atoms with Gasteiger partial charge < -0.3 is 10.1 Å². The highest BCUT2D eigenvalue weighted by Gasteiger charge is 2.55. The van der Waals surface area contributed by atoms with Gasteiger partial charge in [-0.2, -0.15) is 0 Å². The Kier molecular flexibility index (Phi) is 3.31. The van der Waals surface area contributed by atoms with E-state index in [9.17, 15) is 4.39 Å². The van der Waals surface area contributed by atoms with Gasteiger partial charge in [0.25, 0.3) is 0 Å². The Morgan fingerprint density at radius 3 is 2.62 bits per heavy atom. The molecule has 114 valence electrons. The molecule has 1 saturated heterocycles. The summed E-state index contributed by atoms with van der Waals surface area (Å²) in [5, 5.41) is 3.69. The zero-order valence-electron chi connectivity index (χ0n) is 12.5. The molecule has 0 atom stereocenters. The Morgan fingerprint density at radius 1 is 1.19 bits per heavy atom. The van der Waals surface area contributed by atoms with E-state index in [1.165, 1.54) is 44.1 Å². The van der Waals surface area contributed by atoms with Crippen molar-refractivity contribution in [1.29, 1.82) is 0 Å². The number of halogens is 1. The van der Waals surface area contributed by atoms with E-state index in [0.29, 0.717) is 11.5 Å². The van der Waals surface area contributed by atoms with Crippen LogP contribution in [0.15, 0.2) is 24.3 Å². The van der Waals surface area contributed by atoms with E-state index in [1.54, 1.807) is 12.1 Å². The zero-order chi connectivity index (χ0) is 14.3. The molecule has 1 aromatic carbocycles. The van der Waals surface area contributed by atoms with Crippen molar-refractivity contribution < 1.29 is 9.13 Å². The first-order valence-corrected chi connectivity index (χ1v) is 8.27. The summed E-state index contributed by atoms with van der Waals surface area (Å²) in [6.45, 7) is 2.80. The average molecular weight is 289 g/mol. The van der Waals surface area contributed by atoms with E-state index in [2.05, 4.69) is 11.4 Å². The standard InChI is InChI=1S/C18H24FNO/c19-15-3-1-2-14(10-15)18(13-20-16-4-5-16)11-17(12-18)6-8-21-9-7-17/h1-3,10,16,20H,4-9,11-13H2. The van der Waals surface area contributed by atoms with Gasteiger partial charge in [0.2, 0.25) is 0 Å². The monoisotopic (exact) mass is 289 g/mol. The maximum atomic E-state index is 13.7. The number of hydrogen-bond acceptors (Lipinski definition) is 2. The molecule has 1 N–H and O–H groups in total. The van der Waals surface area contributed by atoms with E-state index >= 15 is 0 Å². The summed E-state index contributed by atoms with van der Waals surface area (Å²) >= 11 is 0. The van der Waals surface area contributed by atoms with Crippen molar-refractivity contribution in [2.75, 3.05) is 19.8 Å². The van der Waals surface area contributed by atoms with Crippen LogP contribution in [-0.4, -0.2) is 25.8 Å². The van der Waals surface area contributed by atoms with Crippen molar-refractivity contribution in [1.82, 2.24) is 5.32 Å². The van der Waals surface area contributed by atoms with Gasteiger partial charge in [0, 0.05) is 31.2 Å². The number of hydrogen-bond donors (Lipinski definition) is 1. The van der Waals surface area contributed by atoms with E-state index in [4.69, 9.17) is 4.74 Å². The molecular weight excluding hydrogens is 265 g/mol. The van der Waals surface area contributed by atoms with E-state index in [-0.39, 0.29) is 11.2 Å². The largest absolute Gasteiger partial charge is 0.381 e. The predicted octanol–water partition coefficient (Wildman–Crippen LogP) is 3.41. The Bertz CT molecular complexity index is 512. The highest BCUT2D eigenvalue weighted by molar-refractivity contribution is 5.32. The minimum Gasteiger partial charge on any atom is -0.381 e. The number of ether oxygens (including phenoxy) is 1. The molecule has 0 aromatic heterocycles. The molecule has 3 aliphatic rings. The fourth-order valence-corrected chi connectivity index (χ4v) is 4.42. The lowest BCUT2D eigenvalue weighted by atomic mass is 9.48. The van der Waals surface area contributed by atoms with Crippen molar-refractivity contribution in [3.63, 3.8) is 0 Å². The van der Waals surface area contributed by atoms with Crippen LogP contribution in [0, 0.1) is 11.2 Å². The van der Waals surface area contributed by atoms with Crippen LogP contribution in [0.1, 0.15) is 44.1 Å². The summed E-state index contributed by atoms with van der Waals surface area (Å²) in [4.78, 5) is 0. The quantitative estimate of drug-likeness (QED) is 0.917. The lowest BCUT2D eigenvalue weighted by Gasteiger charge is -2.58. The number of nitrogens with one attached hydrogen (secondary N) is 1. The molecule has 0 radical (unpaired) electrons. The molecule has 3 fully saturated rings. The highest BCUT2D eigenvalue weighted by Crippen LogP contribution is 2.60. The second-order valence-corrected chi connectivity index (χ2v) is 7.41. The molecule has 2 aliphatic carbocycles. The van der Waals surface area contributed by atoms with Gasteiger partial charge in [-0.3, -0.25) is 0 Å². The first-order valence-electron chi connectivity index (χ1n) is 8.27. The second kappa shape index (κ2) is 5.06. The smallest absolute Gasteiger partial charge is 0.123 e. The van der Waals surface area contributed by atoms with Crippen molar-refractivity contribution in [2.45, 2.75) is 50.0 Å². The third kappa shape index (κ3) is 2.62. The summed E-state index contributed by atoms with van der Waals surface area (Å²) < 4.78 is 19.2. The minimum atomic E-state index is -0.105. The van der Waals surface area contributed by atoms with Gasteiger partial charge in [0.05, 0.1) is 0 Å². The Hall–Kier alpha value is -0.930. The Balaban J connectivity index is 1.55. The van der Waals surface area contributed by atoms with Crippen LogP contribution in [0.4, 0.5) is 4.39 Å². The SMILES string of the molecule is Fc1cccc(C2(CNC3CC3)CC3(CCOCC3)C2)c1. The van der Waals surface area contributed by atoms with Gasteiger partial charge in [-0.25, -0.2) is 4.39 Å². The topological polar surface area (TPSA) is 21.3 Å². The van der Waals surface area contributed by atoms with Crippen LogP contribution in [0.3, 0.4) is 0 Å². The van der Waals surface area contributed by atoms with Crippen LogP contribution in [0.2, 0.25) is 0 Å². The maximum absolute atomic E-state index is 13.7. The predicted molar refractivity (Wildman–Crippen MR) is 80.8 cm³/mol. The van der Waals surface area contributed by atoms with Crippen molar-refractivity contribution in [3.05, 3.63) is 35.6 Å². The van der Waals surface area contributed by atoms with Gasteiger partial charge >= 0.3 is 0 Å². The van der Waals surface area contributed by atoms with Crippen LogP contribution >= 0.6 is 0 Å². The summed E-state index contributed by atoms with van der Waals surface area (Å²) in [5.41, 5.74) is 1.78. The zero-order valence-corrected chi connectivity index (χ0v) is 12.5. The molecule has 4 rings (SSSR count). The molecule has 1 aromatic rings. The fraction of sp³-hybridized carbons (Fsp3) is 0.667. The normalized spacial score (nSPS) is 26.5. The lowest BCUT2D eigenvalue weighted by molar-refractivity contribution is -0.0738. The van der Waals surface area contributed by atoms with Crippen LogP contribution in [-0.2, 0) is 10.2 Å². The van der Waals surface area contributed by atoms with E-state index < -0.39 is 0 Å². The molecule has 0 amide bonds. The first-order chi connectivity index (χ1) is 10.2. The van der Waals surface area contributed by atoms with Gasteiger partial charge in [-0.05, 0) is 61.6 Å².